The molecule has 2 N–H and O–H groups in total. The Bertz CT molecular complexity index is 1180. The highest BCUT2D eigenvalue weighted by atomic mass is 16.5. The van der Waals surface area contributed by atoms with Gasteiger partial charge in [-0.05, 0) is 48.9 Å². The lowest BCUT2D eigenvalue weighted by atomic mass is 9.78. The third kappa shape index (κ3) is 3.48. The van der Waals surface area contributed by atoms with E-state index in [0.29, 0.717) is 17.4 Å². The number of hydrogen-bond acceptors (Lipinski definition) is 6. The molecule has 1 fully saturated rings. The molecule has 162 valence electrons. The second kappa shape index (κ2) is 8.39. The standard InChI is InChI=1S/C25H24N4O3/c1-30-20-13-16(11-12-19(20)31-17-9-5-6-10-17)21-18(14-26)24(27)32-25-22(21)23(28-29-25)15-7-3-2-4-8-15/h2-4,7-8,11-13,17-18,21,27H,5-6,9-10H2,1H3,(H,28,29). The Kier molecular flexibility index (Phi) is 5.28. The van der Waals surface area contributed by atoms with Crippen LogP contribution in [0, 0.1) is 22.7 Å². The smallest absolute Gasteiger partial charge is 0.244 e. The lowest BCUT2D eigenvalue weighted by molar-refractivity contribution is 0.200. The van der Waals surface area contributed by atoms with Gasteiger partial charge in [0.25, 0.3) is 0 Å². The van der Waals surface area contributed by atoms with E-state index in [2.05, 4.69) is 16.3 Å². The van der Waals surface area contributed by atoms with Crippen LogP contribution in [0.25, 0.3) is 11.3 Å². The predicted molar refractivity (Wildman–Crippen MR) is 119 cm³/mol. The van der Waals surface area contributed by atoms with E-state index in [0.717, 1.165) is 35.2 Å². The van der Waals surface area contributed by atoms with E-state index < -0.39 is 11.8 Å². The Hall–Kier alpha value is -3.79. The molecule has 7 heteroatoms. The summed E-state index contributed by atoms with van der Waals surface area (Å²) in [6.07, 6.45) is 4.69. The Morgan fingerprint density at radius 3 is 2.62 bits per heavy atom. The van der Waals surface area contributed by atoms with E-state index in [-0.39, 0.29) is 12.0 Å². The van der Waals surface area contributed by atoms with Gasteiger partial charge in [0, 0.05) is 5.92 Å². The van der Waals surface area contributed by atoms with Crippen molar-refractivity contribution < 1.29 is 14.2 Å². The summed E-state index contributed by atoms with van der Waals surface area (Å²) in [6.45, 7) is 0. The Balaban J connectivity index is 1.60. The first-order valence-corrected chi connectivity index (χ1v) is 10.8. The van der Waals surface area contributed by atoms with Gasteiger partial charge < -0.3 is 14.2 Å². The molecule has 0 radical (unpaired) electrons. The van der Waals surface area contributed by atoms with Gasteiger partial charge in [-0.2, -0.15) is 5.26 Å². The zero-order chi connectivity index (χ0) is 22.1. The van der Waals surface area contributed by atoms with Crippen molar-refractivity contribution in [3.8, 4) is 34.7 Å². The molecule has 0 spiro atoms. The topological polar surface area (TPSA) is 104 Å². The second-order valence-electron chi connectivity index (χ2n) is 8.17. The zero-order valence-corrected chi connectivity index (χ0v) is 17.8. The number of ether oxygens (including phenoxy) is 3. The van der Waals surface area contributed by atoms with Crippen LogP contribution in [0.4, 0.5) is 0 Å². The quantitative estimate of drug-likeness (QED) is 0.592. The maximum atomic E-state index is 9.93. The molecule has 2 heterocycles. The van der Waals surface area contributed by atoms with Crippen LogP contribution >= 0.6 is 0 Å². The molecule has 2 atom stereocenters. The van der Waals surface area contributed by atoms with Crippen molar-refractivity contribution in [1.82, 2.24) is 10.2 Å². The molecular formula is C25H24N4O3. The van der Waals surface area contributed by atoms with Crippen molar-refractivity contribution >= 4 is 5.90 Å². The van der Waals surface area contributed by atoms with E-state index in [1.165, 1.54) is 12.8 Å². The minimum Gasteiger partial charge on any atom is -0.493 e. The lowest BCUT2D eigenvalue weighted by Crippen LogP contribution is -2.30. The van der Waals surface area contributed by atoms with Gasteiger partial charge in [-0.1, -0.05) is 36.4 Å². The summed E-state index contributed by atoms with van der Waals surface area (Å²) in [6, 6.07) is 17.8. The predicted octanol–water partition coefficient (Wildman–Crippen LogP) is 5.05. The van der Waals surface area contributed by atoms with Gasteiger partial charge in [-0.15, -0.1) is 5.10 Å². The summed E-state index contributed by atoms with van der Waals surface area (Å²) < 4.78 is 17.5. The van der Waals surface area contributed by atoms with Gasteiger partial charge in [-0.25, -0.2) is 0 Å². The molecule has 2 aromatic carbocycles. The highest BCUT2D eigenvalue weighted by molar-refractivity contribution is 5.86. The molecule has 0 amide bonds. The average molecular weight is 428 g/mol. The highest BCUT2D eigenvalue weighted by Gasteiger charge is 2.41. The number of rotatable bonds is 5. The highest BCUT2D eigenvalue weighted by Crippen LogP contribution is 2.47. The van der Waals surface area contributed by atoms with Crippen LogP contribution in [-0.4, -0.2) is 29.3 Å². The third-order valence-corrected chi connectivity index (χ3v) is 6.25. The molecule has 0 bridgehead atoms. The largest absolute Gasteiger partial charge is 0.493 e. The summed E-state index contributed by atoms with van der Waals surface area (Å²) in [5.41, 5.74) is 3.34. The number of methoxy groups -OCH3 is 1. The van der Waals surface area contributed by atoms with Crippen LogP contribution in [0.2, 0.25) is 0 Å². The van der Waals surface area contributed by atoms with Crippen LogP contribution in [0.3, 0.4) is 0 Å². The first-order valence-electron chi connectivity index (χ1n) is 10.8. The van der Waals surface area contributed by atoms with Crippen molar-refractivity contribution in [3.63, 3.8) is 0 Å². The summed E-state index contributed by atoms with van der Waals surface area (Å²) in [7, 11) is 1.62. The van der Waals surface area contributed by atoms with Gasteiger partial charge in [0.05, 0.1) is 30.5 Å². The molecule has 1 saturated carbocycles. The summed E-state index contributed by atoms with van der Waals surface area (Å²) in [5, 5.41) is 25.6. The minimum atomic E-state index is -0.783. The minimum absolute atomic E-state index is 0.110. The molecule has 3 aromatic rings. The van der Waals surface area contributed by atoms with Gasteiger partial charge in [0.15, 0.2) is 11.5 Å². The van der Waals surface area contributed by atoms with E-state index in [4.69, 9.17) is 19.6 Å². The molecule has 32 heavy (non-hydrogen) atoms. The fourth-order valence-electron chi connectivity index (χ4n) is 4.66. The third-order valence-electron chi connectivity index (χ3n) is 6.25. The van der Waals surface area contributed by atoms with Crippen LogP contribution in [0.15, 0.2) is 48.5 Å². The maximum Gasteiger partial charge on any atom is 0.244 e. The molecular weight excluding hydrogens is 404 g/mol. The van der Waals surface area contributed by atoms with Crippen LogP contribution in [0.5, 0.6) is 17.4 Å². The second-order valence-corrected chi connectivity index (χ2v) is 8.17. The van der Waals surface area contributed by atoms with E-state index in [9.17, 15) is 5.26 Å². The molecule has 2 unspecified atom stereocenters. The number of benzene rings is 2. The Morgan fingerprint density at radius 2 is 1.91 bits per heavy atom. The van der Waals surface area contributed by atoms with Gasteiger partial charge >= 0.3 is 0 Å². The molecule has 5 rings (SSSR count). The van der Waals surface area contributed by atoms with E-state index in [1.807, 2.05) is 48.5 Å². The van der Waals surface area contributed by atoms with Gasteiger partial charge in [0.2, 0.25) is 11.8 Å². The van der Waals surface area contributed by atoms with Gasteiger partial charge in [0.1, 0.15) is 5.92 Å². The number of nitrogens with one attached hydrogen (secondary N) is 2. The number of nitrogens with zero attached hydrogens (tertiary/aromatic N) is 2. The number of nitriles is 1. The number of aromatic amines is 1. The maximum absolute atomic E-state index is 9.93. The van der Waals surface area contributed by atoms with Crippen molar-refractivity contribution in [2.24, 2.45) is 5.92 Å². The molecule has 2 aliphatic rings. The molecule has 1 aliphatic heterocycles. The van der Waals surface area contributed by atoms with Crippen LogP contribution in [-0.2, 0) is 0 Å². The van der Waals surface area contributed by atoms with Crippen LogP contribution in [0.1, 0.15) is 42.7 Å². The van der Waals surface area contributed by atoms with Crippen molar-refractivity contribution in [2.45, 2.75) is 37.7 Å². The molecule has 0 saturated heterocycles. The SMILES string of the molecule is COc1cc(C2c3c(n[nH]c3-c3ccccc3)OC(=N)C2C#N)ccc1OC1CCCC1. The number of hydrogen-bond donors (Lipinski definition) is 2. The summed E-state index contributed by atoms with van der Waals surface area (Å²) in [5.74, 6) is 0.329. The number of aromatic nitrogens is 2. The van der Waals surface area contributed by atoms with Crippen molar-refractivity contribution in [3.05, 3.63) is 59.7 Å². The number of fused-ring (bicyclic) bond motifs is 1. The average Bonchev–Trinajstić information content (AvgIpc) is 3.49. The monoisotopic (exact) mass is 428 g/mol. The molecule has 1 aromatic heterocycles. The fourth-order valence-corrected chi connectivity index (χ4v) is 4.66. The lowest BCUT2D eigenvalue weighted by Gasteiger charge is -2.28. The summed E-state index contributed by atoms with van der Waals surface area (Å²) in [4.78, 5) is 0. The molecule has 1 aliphatic carbocycles. The fraction of sp³-hybridized carbons (Fsp3) is 0.320. The van der Waals surface area contributed by atoms with E-state index in [1.54, 1.807) is 7.11 Å². The van der Waals surface area contributed by atoms with Gasteiger partial charge in [-0.3, -0.25) is 10.5 Å². The van der Waals surface area contributed by atoms with E-state index >= 15 is 0 Å². The summed E-state index contributed by atoms with van der Waals surface area (Å²) >= 11 is 0. The zero-order valence-electron chi connectivity index (χ0n) is 17.8. The molecule has 7 nitrogen and oxygen atoms in total. The normalized spacial score (nSPS) is 20.3. The Labute approximate surface area is 186 Å². The number of H-pyrrole nitrogens is 1. The van der Waals surface area contributed by atoms with Crippen molar-refractivity contribution in [2.75, 3.05) is 7.11 Å². The Morgan fingerprint density at radius 1 is 1.12 bits per heavy atom. The first kappa shape index (κ1) is 20.1. The first-order chi connectivity index (χ1) is 15.7. The van der Waals surface area contributed by atoms with Crippen LogP contribution < -0.4 is 14.2 Å². The van der Waals surface area contributed by atoms with Crippen molar-refractivity contribution in [1.29, 1.82) is 10.7 Å².